The smallest absolute Gasteiger partial charge is 0.144 e. The third kappa shape index (κ3) is 3.89. The molecule has 138 valence electrons. The van der Waals surface area contributed by atoms with Crippen molar-refractivity contribution in [3.05, 3.63) is 102 Å². The molecule has 0 fully saturated rings. The standard InChI is InChI=1S/C25H21NO2/c1-27-25-14-8-7-13-23(25)26-17-22-21-12-6-5-11-20(21)15-16-24(22)28-18-19-9-3-2-4-10-19/h2-17H,18H2,1H3. The third-order valence-electron chi connectivity index (χ3n) is 4.59. The number of ether oxygens (including phenoxy) is 2. The molecule has 0 aliphatic carbocycles. The lowest BCUT2D eigenvalue weighted by Gasteiger charge is -2.12. The Morgan fingerprint density at radius 1 is 0.750 bits per heavy atom. The Morgan fingerprint density at radius 3 is 2.36 bits per heavy atom. The van der Waals surface area contributed by atoms with Crippen molar-refractivity contribution < 1.29 is 9.47 Å². The summed E-state index contributed by atoms with van der Waals surface area (Å²) in [5, 5.41) is 2.25. The van der Waals surface area contributed by atoms with Crippen LogP contribution in [-0.4, -0.2) is 13.3 Å². The summed E-state index contributed by atoms with van der Waals surface area (Å²) >= 11 is 0. The van der Waals surface area contributed by atoms with Gasteiger partial charge in [-0.2, -0.15) is 0 Å². The molecule has 0 radical (unpaired) electrons. The zero-order valence-electron chi connectivity index (χ0n) is 15.7. The number of rotatable bonds is 6. The first-order valence-corrected chi connectivity index (χ1v) is 9.21. The van der Waals surface area contributed by atoms with Crippen LogP contribution in [0.15, 0.2) is 96.0 Å². The SMILES string of the molecule is COc1ccccc1N=Cc1c(OCc2ccccc2)ccc2ccccc12. The fourth-order valence-electron chi connectivity index (χ4n) is 3.14. The van der Waals surface area contributed by atoms with E-state index in [0.29, 0.717) is 6.61 Å². The molecule has 0 atom stereocenters. The van der Waals surface area contributed by atoms with E-state index in [1.165, 1.54) is 0 Å². The molecule has 0 spiro atoms. The normalized spacial score (nSPS) is 11.0. The van der Waals surface area contributed by atoms with E-state index in [0.717, 1.165) is 39.1 Å². The summed E-state index contributed by atoms with van der Waals surface area (Å²) in [5.74, 6) is 1.55. The van der Waals surface area contributed by atoms with E-state index in [9.17, 15) is 0 Å². The van der Waals surface area contributed by atoms with Gasteiger partial charge in [-0.05, 0) is 34.5 Å². The average molecular weight is 367 g/mol. The lowest BCUT2D eigenvalue weighted by atomic mass is 10.0. The number of nitrogens with zero attached hydrogens (tertiary/aromatic N) is 1. The fourth-order valence-corrected chi connectivity index (χ4v) is 3.14. The van der Waals surface area contributed by atoms with Crippen molar-refractivity contribution in [2.75, 3.05) is 7.11 Å². The number of aliphatic imine (C=N–C) groups is 1. The molecule has 28 heavy (non-hydrogen) atoms. The van der Waals surface area contributed by atoms with Crippen molar-refractivity contribution in [1.29, 1.82) is 0 Å². The van der Waals surface area contributed by atoms with Gasteiger partial charge in [-0.25, -0.2) is 0 Å². The Balaban J connectivity index is 1.72. The largest absolute Gasteiger partial charge is 0.494 e. The summed E-state index contributed by atoms with van der Waals surface area (Å²) in [6.45, 7) is 0.509. The highest BCUT2D eigenvalue weighted by Crippen LogP contribution is 2.30. The minimum absolute atomic E-state index is 0.509. The summed E-state index contributed by atoms with van der Waals surface area (Å²) < 4.78 is 11.6. The topological polar surface area (TPSA) is 30.8 Å². The predicted octanol–water partition coefficient (Wildman–Crippen LogP) is 6.18. The molecule has 0 amide bonds. The third-order valence-corrected chi connectivity index (χ3v) is 4.59. The van der Waals surface area contributed by atoms with Gasteiger partial charge >= 0.3 is 0 Å². The van der Waals surface area contributed by atoms with Gasteiger partial charge < -0.3 is 9.47 Å². The molecule has 0 N–H and O–H groups in total. The van der Waals surface area contributed by atoms with Gasteiger partial charge in [0, 0.05) is 11.8 Å². The number of hydrogen-bond acceptors (Lipinski definition) is 3. The zero-order valence-corrected chi connectivity index (χ0v) is 15.7. The van der Waals surface area contributed by atoms with Crippen molar-refractivity contribution >= 4 is 22.7 Å². The van der Waals surface area contributed by atoms with E-state index >= 15 is 0 Å². The number of fused-ring (bicyclic) bond motifs is 1. The van der Waals surface area contributed by atoms with Gasteiger partial charge in [0.25, 0.3) is 0 Å². The minimum atomic E-state index is 0.509. The van der Waals surface area contributed by atoms with Gasteiger partial charge in [0.15, 0.2) is 0 Å². The molecule has 0 saturated carbocycles. The number of para-hydroxylation sites is 2. The van der Waals surface area contributed by atoms with E-state index in [2.05, 4.69) is 35.3 Å². The van der Waals surface area contributed by atoms with Crippen LogP contribution in [0.2, 0.25) is 0 Å². The number of methoxy groups -OCH3 is 1. The maximum atomic E-state index is 6.15. The second kappa shape index (κ2) is 8.40. The molecular weight excluding hydrogens is 346 g/mol. The van der Waals surface area contributed by atoms with Crippen molar-refractivity contribution in [3.63, 3.8) is 0 Å². The maximum Gasteiger partial charge on any atom is 0.144 e. The molecule has 0 aromatic heterocycles. The van der Waals surface area contributed by atoms with E-state index < -0.39 is 0 Å². The van der Waals surface area contributed by atoms with Gasteiger partial charge in [0.2, 0.25) is 0 Å². The van der Waals surface area contributed by atoms with Gasteiger partial charge in [-0.15, -0.1) is 0 Å². The molecule has 4 rings (SSSR count). The molecule has 4 aromatic carbocycles. The first-order valence-electron chi connectivity index (χ1n) is 9.21. The van der Waals surface area contributed by atoms with Gasteiger partial charge in [-0.3, -0.25) is 4.99 Å². The Morgan fingerprint density at radius 2 is 1.50 bits per heavy atom. The summed E-state index contributed by atoms with van der Waals surface area (Å²) in [5.41, 5.74) is 2.87. The van der Waals surface area contributed by atoms with Gasteiger partial charge in [-0.1, -0.05) is 72.8 Å². The number of hydrogen-bond donors (Lipinski definition) is 0. The van der Waals surface area contributed by atoms with Crippen LogP contribution in [0.5, 0.6) is 11.5 Å². The molecule has 0 aliphatic rings. The van der Waals surface area contributed by atoms with E-state index in [1.54, 1.807) is 7.11 Å². The molecule has 0 unspecified atom stereocenters. The summed E-state index contributed by atoms with van der Waals surface area (Å²) in [7, 11) is 1.65. The summed E-state index contributed by atoms with van der Waals surface area (Å²) in [6, 6.07) is 30.2. The predicted molar refractivity (Wildman–Crippen MR) is 115 cm³/mol. The van der Waals surface area contributed by atoms with Crippen LogP contribution >= 0.6 is 0 Å². The Bertz CT molecular complexity index is 1100. The van der Waals surface area contributed by atoms with Crippen LogP contribution in [0, 0.1) is 0 Å². The summed E-state index contributed by atoms with van der Waals surface area (Å²) in [4.78, 5) is 4.68. The Hall–Kier alpha value is -3.59. The first-order chi connectivity index (χ1) is 13.8. The van der Waals surface area contributed by atoms with Gasteiger partial charge in [0.05, 0.1) is 7.11 Å². The van der Waals surface area contributed by atoms with Crippen LogP contribution in [0.3, 0.4) is 0 Å². The van der Waals surface area contributed by atoms with Crippen LogP contribution in [-0.2, 0) is 6.61 Å². The average Bonchev–Trinajstić information content (AvgIpc) is 2.77. The highest BCUT2D eigenvalue weighted by atomic mass is 16.5. The van der Waals surface area contributed by atoms with Crippen LogP contribution in [0.4, 0.5) is 5.69 Å². The van der Waals surface area contributed by atoms with E-state index in [-0.39, 0.29) is 0 Å². The maximum absolute atomic E-state index is 6.15. The fraction of sp³-hybridized carbons (Fsp3) is 0.0800. The van der Waals surface area contributed by atoms with Crippen molar-refractivity contribution in [2.45, 2.75) is 6.61 Å². The molecular formula is C25H21NO2. The minimum Gasteiger partial charge on any atom is -0.494 e. The lowest BCUT2D eigenvalue weighted by molar-refractivity contribution is 0.306. The highest BCUT2D eigenvalue weighted by Gasteiger charge is 2.08. The quantitative estimate of drug-likeness (QED) is 0.381. The number of benzene rings is 4. The lowest BCUT2D eigenvalue weighted by Crippen LogP contribution is -1.99. The van der Waals surface area contributed by atoms with E-state index in [1.807, 2.05) is 66.9 Å². The molecule has 0 heterocycles. The van der Waals surface area contributed by atoms with Crippen molar-refractivity contribution in [1.82, 2.24) is 0 Å². The molecule has 0 bridgehead atoms. The molecule has 3 nitrogen and oxygen atoms in total. The highest BCUT2D eigenvalue weighted by molar-refractivity contribution is 6.03. The zero-order chi connectivity index (χ0) is 19.2. The van der Waals surface area contributed by atoms with Crippen molar-refractivity contribution in [3.8, 4) is 11.5 Å². The van der Waals surface area contributed by atoms with Gasteiger partial charge in [0.1, 0.15) is 23.8 Å². The van der Waals surface area contributed by atoms with Crippen LogP contribution in [0.1, 0.15) is 11.1 Å². The van der Waals surface area contributed by atoms with Crippen LogP contribution < -0.4 is 9.47 Å². The van der Waals surface area contributed by atoms with Crippen LogP contribution in [0.25, 0.3) is 10.8 Å². The Kier molecular flexibility index (Phi) is 5.34. The van der Waals surface area contributed by atoms with Crippen molar-refractivity contribution in [2.24, 2.45) is 4.99 Å². The summed E-state index contributed by atoms with van der Waals surface area (Å²) in [6.07, 6.45) is 1.86. The monoisotopic (exact) mass is 367 g/mol. The van der Waals surface area contributed by atoms with E-state index in [4.69, 9.17) is 9.47 Å². The second-order valence-corrected chi connectivity index (χ2v) is 6.40. The molecule has 4 aromatic rings. The molecule has 0 saturated heterocycles. The second-order valence-electron chi connectivity index (χ2n) is 6.40. The molecule has 0 aliphatic heterocycles. The first kappa shape index (κ1) is 17.8. The molecule has 3 heteroatoms. The Labute approximate surface area is 164 Å².